The molecular weight excluding hydrogens is 196 g/mol. The lowest BCUT2D eigenvalue weighted by atomic mass is 10.2. The van der Waals surface area contributed by atoms with E-state index in [4.69, 9.17) is 5.11 Å². The third kappa shape index (κ3) is 5.24. The van der Waals surface area contributed by atoms with Crippen molar-refractivity contribution in [1.29, 1.82) is 0 Å². The van der Waals surface area contributed by atoms with E-state index in [1.165, 1.54) is 12.8 Å². The third-order valence-electron chi connectivity index (χ3n) is 2.54. The predicted molar refractivity (Wildman–Crippen MR) is 55.6 cm³/mol. The van der Waals surface area contributed by atoms with Crippen molar-refractivity contribution in [1.82, 2.24) is 10.6 Å². The molecule has 1 aliphatic rings. The van der Waals surface area contributed by atoms with Gasteiger partial charge in [-0.15, -0.1) is 0 Å². The zero-order valence-corrected chi connectivity index (χ0v) is 8.95. The summed E-state index contributed by atoms with van der Waals surface area (Å²) in [4.78, 5) is 21.5. The van der Waals surface area contributed by atoms with Crippen molar-refractivity contribution in [3.63, 3.8) is 0 Å². The van der Waals surface area contributed by atoms with Crippen LogP contribution in [0.4, 0.5) is 4.79 Å². The molecule has 0 aromatic heterocycles. The van der Waals surface area contributed by atoms with Gasteiger partial charge in [0.25, 0.3) is 0 Å². The maximum absolute atomic E-state index is 11.3. The average Bonchev–Trinajstić information content (AvgIpc) is 2.94. The Morgan fingerprint density at radius 1 is 1.47 bits per heavy atom. The quantitative estimate of drug-likeness (QED) is 0.576. The van der Waals surface area contributed by atoms with Crippen LogP contribution in [0.2, 0.25) is 0 Å². The molecule has 1 rings (SSSR count). The van der Waals surface area contributed by atoms with Crippen LogP contribution in [0, 0.1) is 5.92 Å². The number of carboxylic acids is 1. The molecule has 0 aliphatic heterocycles. The van der Waals surface area contributed by atoms with Gasteiger partial charge in [-0.05, 0) is 32.1 Å². The predicted octanol–water partition coefficient (Wildman–Crippen LogP) is 0.949. The number of nitrogens with one attached hydrogen (secondary N) is 2. The Morgan fingerprint density at radius 3 is 2.67 bits per heavy atom. The Kier molecular flexibility index (Phi) is 4.39. The van der Waals surface area contributed by atoms with E-state index >= 15 is 0 Å². The Morgan fingerprint density at radius 2 is 2.13 bits per heavy atom. The molecule has 0 heterocycles. The van der Waals surface area contributed by atoms with Gasteiger partial charge in [0.15, 0.2) is 0 Å². The molecule has 1 aliphatic carbocycles. The van der Waals surface area contributed by atoms with Gasteiger partial charge in [0.05, 0.1) is 0 Å². The molecule has 1 saturated carbocycles. The van der Waals surface area contributed by atoms with Gasteiger partial charge in [0.2, 0.25) is 0 Å². The van der Waals surface area contributed by atoms with Crippen LogP contribution < -0.4 is 10.6 Å². The number of carboxylic acid groups (broad SMARTS) is 1. The van der Waals surface area contributed by atoms with Crippen molar-refractivity contribution >= 4 is 12.0 Å². The molecule has 1 fully saturated rings. The molecule has 5 heteroatoms. The fraction of sp³-hybridized carbons (Fsp3) is 0.800. The second kappa shape index (κ2) is 5.58. The van der Waals surface area contributed by atoms with E-state index in [0.29, 0.717) is 18.9 Å². The minimum atomic E-state index is -0.830. The monoisotopic (exact) mass is 214 g/mol. The van der Waals surface area contributed by atoms with E-state index in [-0.39, 0.29) is 18.5 Å². The van der Waals surface area contributed by atoms with E-state index in [1.807, 2.05) is 6.92 Å². The minimum Gasteiger partial charge on any atom is -0.481 e. The number of carbonyl (C=O) groups excluding carboxylic acids is 1. The highest BCUT2D eigenvalue weighted by Gasteiger charge is 2.28. The molecule has 0 radical (unpaired) electrons. The summed E-state index contributed by atoms with van der Waals surface area (Å²) in [6.45, 7) is 2.41. The van der Waals surface area contributed by atoms with Gasteiger partial charge in [0, 0.05) is 19.0 Å². The van der Waals surface area contributed by atoms with Crippen LogP contribution in [0.15, 0.2) is 0 Å². The maximum Gasteiger partial charge on any atom is 0.315 e. The van der Waals surface area contributed by atoms with Crippen LogP contribution in [0.5, 0.6) is 0 Å². The molecule has 0 saturated heterocycles. The highest BCUT2D eigenvalue weighted by molar-refractivity contribution is 5.74. The molecule has 1 atom stereocenters. The number of hydrogen-bond donors (Lipinski definition) is 3. The molecule has 0 aromatic rings. The first kappa shape index (κ1) is 11.8. The standard InChI is InChI=1S/C10H18N2O3/c1-7(8-4-5-8)12-10(15)11-6-2-3-9(13)14/h7-8H,2-6H2,1H3,(H,13,14)(H2,11,12,15)/t7-/m0/s1. The van der Waals surface area contributed by atoms with Crippen LogP contribution >= 0.6 is 0 Å². The SMILES string of the molecule is C[C@H](NC(=O)NCCCC(=O)O)C1CC1. The molecule has 2 amide bonds. The summed E-state index contributed by atoms with van der Waals surface area (Å²) in [5.41, 5.74) is 0. The number of carbonyl (C=O) groups is 2. The summed E-state index contributed by atoms with van der Waals surface area (Å²) < 4.78 is 0. The lowest BCUT2D eigenvalue weighted by molar-refractivity contribution is -0.137. The normalized spacial score (nSPS) is 16.9. The Bertz CT molecular complexity index is 239. The first-order valence-corrected chi connectivity index (χ1v) is 5.35. The maximum atomic E-state index is 11.3. The Labute approximate surface area is 89.2 Å². The largest absolute Gasteiger partial charge is 0.481 e. The van der Waals surface area contributed by atoms with Crippen molar-refractivity contribution in [2.75, 3.05) is 6.54 Å². The number of hydrogen-bond acceptors (Lipinski definition) is 2. The molecule has 86 valence electrons. The number of aliphatic carboxylic acids is 1. The lowest BCUT2D eigenvalue weighted by Crippen LogP contribution is -2.42. The number of rotatable bonds is 6. The molecule has 0 unspecified atom stereocenters. The van der Waals surface area contributed by atoms with Gasteiger partial charge < -0.3 is 15.7 Å². The Balaban J connectivity index is 2.00. The molecule has 0 spiro atoms. The van der Waals surface area contributed by atoms with Crippen molar-refractivity contribution in [2.24, 2.45) is 5.92 Å². The van der Waals surface area contributed by atoms with Gasteiger partial charge >= 0.3 is 12.0 Å². The second-order valence-electron chi connectivity index (χ2n) is 4.02. The average molecular weight is 214 g/mol. The van der Waals surface area contributed by atoms with Crippen LogP contribution in [-0.2, 0) is 4.79 Å². The first-order valence-electron chi connectivity index (χ1n) is 5.35. The lowest BCUT2D eigenvalue weighted by Gasteiger charge is -2.13. The molecular formula is C10H18N2O3. The summed E-state index contributed by atoms with van der Waals surface area (Å²) in [6.07, 6.45) is 2.96. The minimum absolute atomic E-state index is 0.0957. The summed E-state index contributed by atoms with van der Waals surface area (Å²) in [7, 11) is 0. The van der Waals surface area contributed by atoms with Crippen LogP contribution in [0.1, 0.15) is 32.6 Å². The number of amides is 2. The summed E-state index contributed by atoms with van der Waals surface area (Å²) >= 11 is 0. The summed E-state index contributed by atoms with van der Waals surface area (Å²) in [5.74, 6) is -0.196. The van der Waals surface area contributed by atoms with E-state index in [2.05, 4.69) is 10.6 Å². The van der Waals surface area contributed by atoms with Crippen molar-refractivity contribution < 1.29 is 14.7 Å². The van der Waals surface area contributed by atoms with Crippen LogP contribution in [-0.4, -0.2) is 29.7 Å². The molecule has 15 heavy (non-hydrogen) atoms. The molecule has 0 aromatic carbocycles. The van der Waals surface area contributed by atoms with Crippen molar-refractivity contribution in [2.45, 2.75) is 38.6 Å². The van der Waals surface area contributed by atoms with Gasteiger partial charge in [-0.3, -0.25) is 4.79 Å². The third-order valence-corrected chi connectivity index (χ3v) is 2.54. The zero-order valence-electron chi connectivity index (χ0n) is 8.95. The molecule has 3 N–H and O–H groups in total. The van der Waals surface area contributed by atoms with Gasteiger partial charge in [-0.2, -0.15) is 0 Å². The summed E-state index contributed by atoms with van der Waals surface area (Å²) in [5, 5.41) is 13.8. The smallest absolute Gasteiger partial charge is 0.315 e. The van der Waals surface area contributed by atoms with Gasteiger partial charge in [-0.1, -0.05) is 0 Å². The molecule has 0 bridgehead atoms. The second-order valence-corrected chi connectivity index (χ2v) is 4.02. The Hall–Kier alpha value is -1.26. The first-order chi connectivity index (χ1) is 7.09. The zero-order chi connectivity index (χ0) is 11.3. The fourth-order valence-electron chi connectivity index (χ4n) is 1.41. The van der Waals surface area contributed by atoms with Crippen molar-refractivity contribution in [3.05, 3.63) is 0 Å². The van der Waals surface area contributed by atoms with Crippen molar-refractivity contribution in [3.8, 4) is 0 Å². The highest BCUT2D eigenvalue weighted by atomic mass is 16.4. The van der Waals surface area contributed by atoms with E-state index < -0.39 is 5.97 Å². The van der Waals surface area contributed by atoms with E-state index in [9.17, 15) is 9.59 Å². The van der Waals surface area contributed by atoms with Gasteiger partial charge in [0.1, 0.15) is 0 Å². The van der Waals surface area contributed by atoms with Crippen LogP contribution in [0.25, 0.3) is 0 Å². The van der Waals surface area contributed by atoms with E-state index in [0.717, 1.165) is 0 Å². The fourth-order valence-corrected chi connectivity index (χ4v) is 1.41. The summed E-state index contributed by atoms with van der Waals surface area (Å²) in [6, 6.07) is 0.0317. The number of urea groups is 1. The van der Waals surface area contributed by atoms with E-state index in [1.54, 1.807) is 0 Å². The molecule has 5 nitrogen and oxygen atoms in total. The van der Waals surface area contributed by atoms with Crippen LogP contribution in [0.3, 0.4) is 0 Å². The van der Waals surface area contributed by atoms with Gasteiger partial charge in [-0.25, -0.2) is 4.79 Å². The topological polar surface area (TPSA) is 78.4 Å². The highest BCUT2D eigenvalue weighted by Crippen LogP contribution is 2.32.